The van der Waals surface area contributed by atoms with Crippen LogP contribution >= 0.6 is 0 Å². The molecule has 0 aromatic heterocycles. The van der Waals surface area contributed by atoms with Crippen LogP contribution in [0.2, 0.25) is 0 Å². The fraction of sp³-hybridized carbons (Fsp3) is 0.417. The molecule has 0 heterocycles. The van der Waals surface area contributed by atoms with Gasteiger partial charge >= 0.3 is 10.2 Å². The molecule has 34 heavy (non-hydrogen) atoms. The molecule has 0 aliphatic rings. The number of hydrogen-bond donors (Lipinski definition) is 1. The number of hydrogen-bond acceptors (Lipinski definition) is 4. The maximum Gasteiger partial charge on any atom is 0.304 e. The van der Waals surface area contributed by atoms with Crippen LogP contribution in [0, 0.1) is 5.82 Å². The van der Waals surface area contributed by atoms with E-state index in [4.69, 9.17) is 0 Å². The number of amides is 2. The van der Waals surface area contributed by atoms with Crippen molar-refractivity contribution in [2.45, 2.75) is 45.8 Å². The second-order valence-corrected chi connectivity index (χ2v) is 10.4. The number of nitrogens with zero attached hydrogens (tertiary/aromatic N) is 3. The summed E-state index contributed by atoms with van der Waals surface area (Å²) in [4.78, 5) is 27.9. The van der Waals surface area contributed by atoms with E-state index in [9.17, 15) is 22.4 Å². The van der Waals surface area contributed by atoms with Gasteiger partial charge in [-0.3, -0.25) is 9.59 Å². The quantitative estimate of drug-likeness (QED) is 0.522. The lowest BCUT2D eigenvalue weighted by atomic mass is 10.1. The number of nitrogens with one attached hydrogen (secondary N) is 1. The van der Waals surface area contributed by atoms with Crippen molar-refractivity contribution in [2.24, 2.45) is 0 Å². The number of benzene rings is 2. The van der Waals surface area contributed by atoms with Crippen molar-refractivity contribution >= 4 is 27.7 Å². The van der Waals surface area contributed by atoms with E-state index >= 15 is 0 Å². The van der Waals surface area contributed by atoms with Crippen LogP contribution < -0.4 is 9.62 Å². The summed E-state index contributed by atoms with van der Waals surface area (Å²) in [6.45, 7) is 5.03. The predicted molar refractivity (Wildman–Crippen MR) is 131 cm³/mol. The Morgan fingerprint density at radius 1 is 1.00 bits per heavy atom. The molecule has 1 unspecified atom stereocenters. The summed E-state index contributed by atoms with van der Waals surface area (Å²) in [5, 5.41) is 2.84. The van der Waals surface area contributed by atoms with Gasteiger partial charge in [0, 0.05) is 26.7 Å². The smallest absolute Gasteiger partial charge is 0.304 e. The minimum atomic E-state index is -4.08. The van der Waals surface area contributed by atoms with Gasteiger partial charge in [0.25, 0.3) is 0 Å². The zero-order chi connectivity index (χ0) is 25.5. The van der Waals surface area contributed by atoms with Gasteiger partial charge < -0.3 is 10.2 Å². The molecule has 0 spiro atoms. The van der Waals surface area contributed by atoms with E-state index in [1.165, 1.54) is 31.1 Å². The normalized spacial score (nSPS) is 12.5. The van der Waals surface area contributed by atoms with Crippen LogP contribution in [0.4, 0.5) is 10.1 Å². The van der Waals surface area contributed by atoms with E-state index in [-0.39, 0.29) is 24.2 Å². The Hall–Kier alpha value is -2.98. The average molecular weight is 493 g/mol. The summed E-state index contributed by atoms with van der Waals surface area (Å²) in [6.07, 6.45) is 0.341. The molecule has 2 aromatic rings. The molecule has 0 fully saturated rings. The number of carbonyl (C=O) groups excluding carboxylic acids is 2. The Kier molecular flexibility index (Phi) is 9.57. The monoisotopic (exact) mass is 492 g/mol. The Bertz CT molecular complexity index is 1060. The van der Waals surface area contributed by atoms with Crippen LogP contribution in [0.25, 0.3) is 0 Å². The van der Waals surface area contributed by atoms with E-state index in [1.54, 1.807) is 6.92 Å². The number of carbonyl (C=O) groups is 2. The molecule has 0 saturated carbocycles. The van der Waals surface area contributed by atoms with Gasteiger partial charge in [0.05, 0.1) is 5.69 Å². The lowest BCUT2D eigenvalue weighted by Crippen LogP contribution is -2.54. The SMILES string of the molecule is CCC(C(=O)NC(C)C)N(Cc1ccccc1)C(=O)CN(c1ccc(F)cc1)S(=O)(=O)N(C)C. The van der Waals surface area contributed by atoms with Crippen LogP contribution in [0.15, 0.2) is 54.6 Å². The van der Waals surface area contributed by atoms with E-state index in [1.807, 2.05) is 44.2 Å². The highest BCUT2D eigenvalue weighted by molar-refractivity contribution is 7.90. The molecular weight excluding hydrogens is 459 g/mol. The van der Waals surface area contributed by atoms with Crippen molar-refractivity contribution in [1.29, 1.82) is 0 Å². The first-order chi connectivity index (χ1) is 16.0. The standard InChI is InChI=1S/C24H33FN4O4S/c1-6-22(24(31)26-18(2)3)28(16-19-10-8-7-9-11-19)23(30)17-29(34(32,33)27(4)5)21-14-12-20(25)13-15-21/h7-15,18,22H,6,16-17H2,1-5H3,(H,26,31). The third kappa shape index (κ3) is 7.01. The minimum absolute atomic E-state index is 0.125. The molecule has 186 valence electrons. The average Bonchev–Trinajstić information content (AvgIpc) is 2.78. The predicted octanol–water partition coefficient (Wildman–Crippen LogP) is 2.77. The van der Waals surface area contributed by atoms with Crippen LogP contribution in [0.5, 0.6) is 0 Å². The van der Waals surface area contributed by atoms with Crippen molar-refractivity contribution in [1.82, 2.24) is 14.5 Å². The second-order valence-electron chi connectivity index (χ2n) is 8.37. The van der Waals surface area contributed by atoms with Gasteiger partial charge in [0.2, 0.25) is 11.8 Å². The van der Waals surface area contributed by atoms with E-state index in [2.05, 4.69) is 5.32 Å². The van der Waals surface area contributed by atoms with Gasteiger partial charge in [-0.15, -0.1) is 0 Å². The van der Waals surface area contributed by atoms with E-state index < -0.39 is 34.5 Å². The van der Waals surface area contributed by atoms with E-state index in [0.29, 0.717) is 6.42 Å². The lowest BCUT2D eigenvalue weighted by Gasteiger charge is -2.34. The van der Waals surface area contributed by atoms with Crippen LogP contribution in [0.1, 0.15) is 32.8 Å². The largest absolute Gasteiger partial charge is 0.352 e. The van der Waals surface area contributed by atoms with Crippen molar-refractivity contribution in [3.63, 3.8) is 0 Å². The molecule has 1 N–H and O–H groups in total. The third-order valence-electron chi connectivity index (χ3n) is 5.15. The van der Waals surface area contributed by atoms with Gasteiger partial charge in [-0.1, -0.05) is 37.3 Å². The highest BCUT2D eigenvalue weighted by atomic mass is 32.2. The fourth-order valence-electron chi connectivity index (χ4n) is 3.40. The zero-order valence-corrected chi connectivity index (χ0v) is 21.0. The van der Waals surface area contributed by atoms with Gasteiger partial charge in [-0.25, -0.2) is 8.70 Å². The third-order valence-corrected chi connectivity index (χ3v) is 6.97. The van der Waals surface area contributed by atoms with Crippen molar-refractivity contribution in [2.75, 3.05) is 24.9 Å². The fourth-order valence-corrected chi connectivity index (χ4v) is 4.46. The molecule has 0 radical (unpaired) electrons. The summed E-state index contributed by atoms with van der Waals surface area (Å²) in [7, 11) is -1.38. The van der Waals surface area contributed by atoms with Crippen LogP contribution in [-0.2, 0) is 26.3 Å². The first-order valence-electron chi connectivity index (χ1n) is 11.1. The highest BCUT2D eigenvalue weighted by Crippen LogP contribution is 2.21. The van der Waals surface area contributed by atoms with Crippen molar-refractivity contribution < 1.29 is 22.4 Å². The van der Waals surface area contributed by atoms with Crippen molar-refractivity contribution in [3.05, 3.63) is 66.0 Å². The van der Waals surface area contributed by atoms with Crippen LogP contribution in [0.3, 0.4) is 0 Å². The topological polar surface area (TPSA) is 90.0 Å². The molecule has 1 atom stereocenters. The molecule has 10 heteroatoms. The summed E-state index contributed by atoms with van der Waals surface area (Å²) >= 11 is 0. The molecule has 0 aliphatic heterocycles. The second kappa shape index (κ2) is 11.9. The number of rotatable bonds is 11. The number of anilines is 1. The summed E-state index contributed by atoms with van der Waals surface area (Å²) in [6, 6.07) is 13.1. The van der Waals surface area contributed by atoms with E-state index in [0.717, 1.165) is 26.3 Å². The Morgan fingerprint density at radius 3 is 2.09 bits per heavy atom. The first-order valence-corrected chi connectivity index (χ1v) is 12.5. The minimum Gasteiger partial charge on any atom is -0.352 e. The Labute approximate surface area is 201 Å². The Morgan fingerprint density at radius 2 is 1.59 bits per heavy atom. The first kappa shape index (κ1) is 27.3. The molecule has 0 bridgehead atoms. The maximum atomic E-state index is 13.6. The molecule has 2 aromatic carbocycles. The van der Waals surface area contributed by atoms with Gasteiger partial charge in [-0.2, -0.15) is 12.7 Å². The van der Waals surface area contributed by atoms with Gasteiger partial charge in [0.15, 0.2) is 0 Å². The Balaban J connectivity index is 2.47. The lowest BCUT2D eigenvalue weighted by molar-refractivity contribution is -0.140. The molecule has 8 nitrogen and oxygen atoms in total. The summed E-state index contributed by atoms with van der Waals surface area (Å²) in [5.41, 5.74) is 0.943. The molecule has 0 aliphatic carbocycles. The summed E-state index contributed by atoms with van der Waals surface area (Å²) < 4.78 is 41.5. The zero-order valence-electron chi connectivity index (χ0n) is 20.2. The molecule has 0 saturated heterocycles. The van der Waals surface area contributed by atoms with Gasteiger partial charge in [-0.05, 0) is 50.1 Å². The highest BCUT2D eigenvalue weighted by Gasteiger charge is 2.33. The maximum absolute atomic E-state index is 13.6. The van der Waals surface area contributed by atoms with Gasteiger partial charge in [0.1, 0.15) is 18.4 Å². The van der Waals surface area contributed by atoms with Crippen LogP contribution in [-0.4, -0.2) is 62.2 Å². The summed E-state index contributed by atoms with van der Waals surface area (Å²) in [5.74, 6) is -1.39. The number of halogens is 1. The van der Waals surface area contributed by atoms with Crippen molar-refractivity contribution in [3.8, 4) is 0 Å². The molecule has 2 amide bonds. The molecular formula is C24H33FN4O4S. The molecule has 2 rings (SSSR count).